The van der Waals surface area contributed by atoms with Gasteiger partial charge in [0.15, 0.2) is 0 Å². The van der Waals surface area contributed by atoms with Crippen molar-refractivity contribution in [1.82, 2.24) is 10.3 Å². The Kier molecular flexibility index (Phi) is 5.77. The summed E-state index contributed by atoms with van der Waals surface area (Å²) in [5.41, 5.74) is 1.70. The fraction of sp³-hybridized carbons (Fsp3) is 0.261. The number of aryl methyl sites for hydroxylation is 2. The topological polar surface area (TPSA) is 71.1 Å². The predicted octanol–water partition coefficient (Wildman–Crippen LogP) is 5.59. The molecule has 0 spiro atoms. The number of halogens is 3. The number of thiazole rings is 1. The Bertz CT molecular complexity index is 1180. The Labute approximate surface area is 186 Å². The van der Waals surface area contributed by atoms with Crippen LogP contribution in [0.2, 0.25) is 0 Å². The maximum absolute atomic E-state index is 12.9. The molecule has 1 aliphatic rings. The number of hydrogen-bond acceptors (Lipinski definition) is 4. The number of carbonyl (C=O) groups excluding carboxylic acids is 2. The van der Waals surface area contributed by atoms with Crippen LogP contribution in [0.1, 0.15) is 49.7 Å². The fourth-order valence-electron chi connectivity index (χ4n) is 3.11. The zero-order valence-electron chi connectivity index (χ0n) is 17.3. The van der Waals surface area contributed by atoms with Crippen LogP contribution in [0.25, 0.3) is 10.6 Å². The summed E-state index contributed by atoms with van der Waals surface area (Å²) in [5.74, 6) is -0.628. The summed E-state index contributed by atoms with van der Waals surface area (Å²) in [4.78, 5) is 30.2. The van der Waals surface area contributed by atoms with Gasteiger partial charge in [-0.3, -0.25) is 9.59 Å². The molecule has 0 bridgehead atoms. The van der Waals surface area contributed by atoms with Gasteiger partial charge < -0.3 is 10.6 Å². The van der Waals surface area contributed by atoms with Crippen molar-refractivity contribution in [2.75, 3.05) is 5.32 Å². The molecule has 0 aliphatic heterocycles. The van der Waals surface area contributed by atoms with Crippen molar-refractivity contribution >= 4 is 28.8 Å². The van der Waals surface area contributed by atoms with E-state index in [1.807, 2.05) is 6.92 Å². The Morgan fingerprint density at radius 1 is 1.03 bits per heavy atom. The molecule has 5 nitrogen and oxygen atoms in total. The van der Waals surface area contributed by atoms with Crippen molar-refractivity contribution in [1.29, 1.82) is 0 Å². The quantitative estimate of drug-likeness (QED) is 0.523. The largest absolute Gasteiger partial charge is 0.416 e. The van der Waals surface area contributed by atoms with Gasteiger partial charge in [0.05, 0.1) is 5.56 Å². The Morgan fingerprint density at radius 2 is 1.72 bits per heavy atom. The number of anilines is 1. The van der Waals surface area contributed by atoms with Crippen LogP contribution in [0.4, 0.5) is 18.9 Å². The Hall–Kier alpha value is -3.20. The Balaban J connectivity index is 1.53. The Morgan fingerprint density at radius 3 is 2.34 bits per heavy atom. The first-order chi connectivity index (χ1) is 15.1. The monoisotopic (exact) mass is 459 g/mol. The zero-order chi connectivity index (χ0) is 23.0. The fourth-order valence-corrected chi connectivity index (χ4v) is 4.02. The molecule has 32 heavy (non-hydrogen) atoms. The minimum atomic E-state index is -4.41. The second-order valence-corrected chi connectivity index (χ2v) is 8.93. The smallest absolute Gasteiger partial charge is 0.349 e. The second kappa shape index (κ2) is 8.38. The third-order valence-corrected chi connectivity index (χ3v) is 6.15. The van der Waals surface area contributed by atoms with Crippen LogP contribution in [-0.2, 0) is 6.18 Å². The molecule has 0 atom stereocenters. The van der Waals surface area contributed by atoms with Gasteiger partial charge in [-0.15, -0.1) is 11.3 Å². The van der Waals surface area contributed by atoms with Crippen molar-refractivity contribution in [2.45, 2.75) is 38.9 Å². The van der Waals surface area contributed by atoms with Crippen LogP contribution in [-0.4, -0.2) is 22.8 Å². The lowest BCUT2D eigenvalue weighted by atomic mass is 10.1. The number of carbonyl (C=O) groups is 2. The number of aromatic nitrogens is 1. The lowest BCUT2D eigenvalue weighted by Crippen LogP contribution is -2.25. The molecule has 1 heterocycles. The summed E-state index contributed by atoms with van der Waals surface area (Å²) in [6.45, 7) is 3.55. The highest BCUT2D eigenvalue weighted by molar-refractivity contribution is 7.15. The summed E-state index contributed by atoms with van der Waals surface area (Å²) in [6.07, 6.45) is -2.46. The van der Waals surface area contributed by atoms with Gasteiger partial charge in [0.1, 0.15) is 10.7 Å². The third-order valence-electron chi connectivity index (χ3n) is 5.13. The number of amides is 2. The van der Waals surface area contributed by atoms with Crippen LogP contribution >= 0.6 is 11.3 Å². The number of alkyl halides is 3. The highest BCUT2D eigenvalue weighted by Gasteiger charge is 2.30. The van der Waals surface area contributed by atoms with Gasteiger partial charge in [0, 0.05) is 27.7 Å². The van der Waals surface area contributed by atoms with Crippen LogP contribution in [0.3, 0.4) is 0 Å². The lowest BCUT2D eigenvalue weighted by molar-refractivity contribution is -0.137. The van der Waals surface area contributed by atoms with Crippen LogP contribution in [0, 0.1) is 13.8 Å². The molecule has 0 radical (unpaired) electrons. The first-order valence-corrected chi connectivity index (χ1v) is 10.8. The first kappa shape index (κ1) is 22.0. The van der Waals surface area contributed by atoms with E-state index in [9.17, 15) is 22.8 Å². The summed E-state index contributed by atoms with van der Waals surface area (Å²) in [6, 6.07) is 10.00. The molecule has 0 unspecified atom stereocenters. The summed E-state index contributed by atoms with van der Waals surface area (Å²) in [7, 11) is 0. The van der Waals surface area contributed by atoms with Gasteiger partial charge in [-0.1, -0.05) is 18.2 Å². The number of nitrogens with one attached hydrogen (secondary N) is 2. The molecule has 1 aromatic heterocycles. The first-order valence-electron chi connectivity index (χ1n) is 10.00. The molecular formula is C23H20F3N3O2S. The molecule has 1 saturated carbocycles. The number of benzene rings is 2. The van der Waals surface area contributed by atoms with E-state index in [2.05, 4.69) is 15.6 Å². The highest BCUT2D eigenvalue weighted by atomic mass is 32.1. The van der Waals surface area contributed by atoms with Crippen molar-refractivity contribution < 1.29 is 22.8 Å². The number of hydrogen-bond donors (Lipinski definition) is 2. The van der Waals surface area contributed by atoms with Crippen molar-refractivity contribution in [2.24, 2.45) is 0 Å². The average Bonchev–Trinajstić information content (AvgIpc) is 3.47. The van der Waals surface area contributed by atoms with E-state index >= 15 is 0 Å². The molecule has 2 amide bonds. The third kappa shape index (κ3) is 4.83. The molecule has 0 saturated heterocycles. The molecule has 2 N–H and O–H groups in total. The molecule has 1 aliphatic carbocycles. The maximum Gasteiger partial charge on any atom is 0.416 e. The highest BCUT2D eigenvalue weighted by Crippen LogP contribution is 2.33. The van der Waals surface area contributed by atoms with Crippen molar-refractivity contribution in [3.8, 4) is 10.6 Å². The van der Waals surface area contributed by atoms with Gasteiger partial charge >= 0.3 is 6.18 Å². The number of rotatable bonds is 5. The van der Waals surface area contributed by atoms with Gasteiger partial charge in [0.2, 0.25) is 0 Å². The molecule has 2 aromatic carbocycles. The molecule has 4 rings (SSSR count). The lowest BCUT2D eigenvalue weighted by Gasteiger charge is -2.10. The van der Waals surface area contributed by atoms with Gasteiger partial charge in [-0.2, -0.15) is 13.2 Å². The van der Waals surface area contributed by atoms with E-state index in [0.29, 0.717) is 26.7 Å². The number of nitrogens with zero attached hydrogens (tertiary/aromatic N) is 1. The van der Waals surface area contributed by atoms with Gasteiger partial charge in [-0.25, -0.2) is 4.98 Å². The van der Waals surface area contributed by atoms with Crippen LogP contribution in [0.5, 0.6) is 0 Å². The average molecular weight is 459 g/mol. The second-order valence-electron chi connectivity index (χ2n) is 7.73. The van der Waals surface area contributed by atoms with Crippen LogP contribution in [0.15, 0.2) is 42.5 Å². The normalized spacial score (nSPS) is 13.7. The minimum Gasteiger partial charge on any atom is -0.349 e. The van der Waals surface area contributed by atoms with Gasteiger partial charge in [0.25, 0.3) is 11.8 Å². The minimum absolute atomic E-state index is 0.183. The van der Waals surface area contributed by atoms with Crippen LogP contribution < -0.4 is 10.6 Å². The van der Waals surface area contributed by atoms with E-state index < -0.39 is 17.6 Å². The SMILES string of the molecule is Cc1ccc(C(=O)NC2CC2)cc1NC(=O)c1nc(-c2ccc(C(F)(F)F)cc2)sc1C. The van der Waals surface area contributed by atoms with E-state index in [1.54, 1.807) is 25.1 Å². The molecule has 9 heteroatoms. The molecule has 3 aromatic rings. The summed E-state index contributed by atoms with van der Waals surface area (Å²) < 4.78 is 38.4. The van der Waals surface area contributed by atoms with E-state index in [0.717, 1.165) is 30.5 Å². The molecule has 166 valence electrons. The molecular weight excluding hydrogens is 439 g/mol. The van der Waals surface area contributed by atoms with Crippen molar-refractivity contribution in [3.05, 3.63) is 69.7 Å². The van der Waals surface area contributed by atoms with E-state index in [1.165, 1.54) is 23.5 Å². The standard InChI is InChI=1S/C23H20F3N3O2S/c1-12-3-4-15(20(30)27-17-9-10-17)11-18(12)28-21(31)19-13(2)32-22(29-19)14-5-7-16(8-6-14)23(24,25)26/h3-8,11,17H,9-10H2,1-2H3,(H,27,30)(H,28,31). The summed E-state index contributed by atoms with van der Waals surface area (Å²) >= 11 is 1.23. The summed E-state index contributed by atoms with van der Waals surface area (Å²) in [5, 5.41) is 6.17. The van der Waals surface area contributed by atoms with E-state index in [4.69, 9.17) is 0 Å². The maximum atomic E-state index is 12.9. The zero-order valence-corrected chi connectivity index (χ0v) is 18.2. The van der Waals surface area contributed by atoms with Crippen molar-refractivity contribution in [3.63, 3.8) is 0 Å². The predicted molar refractivity (Wildman–Crippen MR) is 117 cm³/mol. The van der Waals surface area contributed by atoms with Gasteiger partial charge in [-0.05, 0) is 56.5 Å². The molecule has 1 fully saturated rings. The van der Waals surface area contributed by atoms with E-state index in [-0.39, 0.29) is 17.6 Å².